The predicted octanol–water partition coefficient (Wildman–Crippen LogP) is 5.40. The average Bonchev–Trinajstić information content (AvgIpc) is 3.13. The van der Waals surface area contributed by atoms with E-state index in [1.54, 1.807) is 36.1 Å². The van der Waals surface area contributed by atoms with E-state index in [1.165, 1.54) is 6.07 Å². The van der Waals surface area contributed by atoms with Crippen molar-refractivity contribution in [3.05, 3.63) is 64.2 Å². The highest BCUT2D eigenvalue weighted by molar-refractivity contribution is 6.30. The second kappa shape index (κ2) is 8.63. The molecule has 0 aromatic heterocycles. The fraction of sp³-hybridized carbons (Fsp3) is 0.381. The molecular weight excluding hydrogens is 407 g/mol. The van der Waals surface area contributed by atoms with Gasteiger partial charge in [0.05, 0.1) is 18.2 Å². The molecule has 8 heteroatoms. The first-order valence-electron chi connectivity index (χ1n) is 9.30. The topological polar surface area (TPSA) is 49.8 Å². The van der Waals surface area contributed by atoms with Gasteiger partial charge in [-0.15, -0.1) is 0 Å². The third kappa shape index (κ3) is 4.67. The number of carboxylic acid groups (broad SMARTS) is 1. The Morgan fingerprint density at radius 3 is 2.72 bits per heavy atom. The molecule has 1 aliphatic rings. The van der Waals surface area contributed by atoms with Gasteiger partial charge in [-0.05, 0) is 55.7 Å². The van der Waals surface area contributed by atoms with E-state index in [9.17, 15) is 23.1 Å². The Bertz CT molecular complexity index is 888. The number of benzene rings is 2. The Labute approximate surface area is 171 Å². The van der Waals surface area contributed by atoms with E-state index in [0.717, 1.165) is 12.1 Å². The van der Waals surface area contributed by atoms with Crippen LogP contribution in [0.25, 0.3) is 0 Å². The maximum absolute atomic E-state index is 13.3. The minimum atomic E-state index is -4.51. The van der Waals surface area contributed by atoms with Gasteiger partial charge < -0.3 is 9.84 Å². The molecule has 1 N–H and O–H groups in total. The third-order valence-electron chi connectivity index (χ3n) is 5.01. The lowest BCUT2D eigenvalue weighted by Gasteiger charge is -2.33. The fourth-order valence-electron chi connectivity index (χ4n) is 3.82. The zero-order chi connectivity index (χ0) is 21.2. The van der Waals surface area contributed by atoms with Crippen LogP contribution in [-0.2, 0) is 11.0 Å². The first-order valence-corrected chi connectivity index (χ1v) is 9.68. The van der Waals surface area contributed by atoms with Crippen LogP contribution in [0.2, 0.25) is 5.02 Å². The van der Waals surface area contributed by atoms with Crippen molar-refractivity contribution in [3.8, 4) is 5.75 Å². The highest BCUT2D eigenvalue weighted by atomic mass is 35.5. The Morgan fingerprint density at radius 1 is 1.31 bits per heavy atom. The van der Waals surface area contributed by atoms with Gasteiger partial charge in [0.15, 0.2) is 0 Å². The van der Waals surface area contributed by atoms with Crippen LogP contribution in [0.15, 0.2) is 42.5 Å². The SMILES string of the molecule is CCOc1ccc(Cl)cc1C(c1cccc(C(F)(F)F)c1)N1CCCC1C(=O)O. The molecule has 1 aliphatic heterocycles. The summed E-state index contributed by atoms with van der Waals surface area (Å²) < 4.78 is 45.7. The molecule has 0 aliphatic carbocycles. The summed E-state index contributed by atoms with van der Waals surface area (Å²) in [5.74, 6) is -0.533. The van der Waals surface area contributed by atoms with E-state index < -0.39 is 29.8 Å². The van der Waals surface area contributed by atoms with E-state index in [1.807, 2.05) is 0 Å². The van der Waals surface area contributed by atoms with Crippen molar-refractivity contribution in [2.24, 2.45) is 0 Å². The summed E-state index contributed by atoms with van der Waals surface area (Å²) in [5.41, 5.74) is 0.106. The third-order valence-corrected chi connectivity index (χ3v) is 5.24. The maximum atomic E-state index is 13.3. The number of ether oxygens (including phenoxy) is 1. The minimum Gasteiger partial charge on any atom is -0.494 e. The molecule has 1 heterocycles. The molecule has 0 radical (unpaired) electrons. The molecule has 2 atom stereocenters. The second-order valence-electron chi connectivity index (χ2n) is 6.88. The van der Waals surface area contributed by atoms with E-state index in [-0.39, 0.29) is 0 Å². The van der Waals surface area contributed by atoms with Crippen molar-refractivity contribution in [1.82, 2.24) is 4.90 Å². The van der Waals surface area contributed by atoms with Gasteiger partial charge in [0.1, 0.15) is 11.8 Å². The van der Waals surface area contributed by atoms with Crippen LogP contribution in [0.4, 0.5) is 13.2 Å². The monoisotopic (exact) mass is 427 g/mol. The van der Waals surface area contributed by atoms with E-state index in [4.69, 9.17) is 16.3 Å². The van der Waals surface area contributed by atoms with Crippen molar-refractivity contribution in [1.29, 1.82) is 0 Å². The Hall–Kier alpha value is -2.25. The Morgan fingerprint density at radius 2 is 2.07 bits per heavy atom. The van der Waals surface area contributed by atoms with E-state index in [2.05, 4.69) is 0 Å². The largest absolute Gasteiger partial charge is 0.494 e. The molecule has 3 rings (SSSR count). The summed E-state index contributed by atoms with van der Waals surface area (Å²) in [6.07, 6.45) is -3.44. The zero-order valence-corrected chi connectivity index (χ0v) is 16.5. The van der Waals surface area contributed by atoms with Gasteiger partial charge in [-0.25, -0.2) is 0 Å². The number of hydrogen-bond acceptors (Lipinski definition) is 3. The molecule has 0 amide bonds. The van der Waals surface area contributed by atoms with Gasteiger partial charge in [0.2, 0.25) is 0 Å². The molecule has 4 nitrogen and oxygen atoms in total. The van der Waals surface area contributed by atoms with Crippen molar-refractivity contribution in [2.45, 2.75) is 38.0 Å². The van der Waals surface area contributed by atoms with Crippen LogP contribution in [0.1, 0.15) is 42.5 Å². The van der Waals surface area contributed by atoms with Crippen LogP contribution in [0, 0.1) is 0 Å². The Balaban J connectivity index is 2.19. The van der Waals surface area contributed by atoms with Crippen LogP contribution >= 0.6 is 11.6 Å². The maximum Gasteiger partial charge on any atom is 0.416 e. The lowest BCUT2D eigenvalue weighted by Crippen LogP contribution is -2.39. The molecule has 2 aromatic carbocycles. The van der Waals surface area contributed by atoms with Crippen molar-refractivity contribution in [3.63, 3.8) is 0 Å². The molecular formula is C21H21ClF3NO3. The average molecular weight is 428 g/mol. The fourth-order valence-corrected chi connectivity index (χ4v) is 4.00. The summed E-state index contributed by atoms with van der Waals surface area (Å²) in [6.45, 7) is 2.59. The number of rotatable bonds is 6. The highest BCUT2D eigenvalue weighted by Crippen LogP contribution is 2.41. The van der Waals surface area contributed by atoms with Crippen LogP contribution in [0.3, 0.4) is 0 Å². The predicted molar refractivity (Wildman–Crippen MR) is 103 cm³/mol. The molecule has 2 unspecified atom stereocenters. The van der Waals surface area contributed by atoms with Gasteiger partial charge in [-0.3, -0.25) is 9.69 Å². The summed E-state index contributed by atoms with van der Waals surface area (Å²) in [7, 11) is 0. The standard InChI is InChI=1S/C21H21ClF3NO3/c1-2-29-18-9-8-15(22)12-16(18)19(26-10-4-7-17(26)20(27)28)13-5-3-6-14(11-13)21(23,24)25/h3,5-6,8-9,11-12,17,19H,2,4,7,10H2,1H3,(H,27,28). The van der Waals surface area contributed by atoms with Gasteiger partial charge in [0.25, 0.3) is 0 Å². The lowest BCUT2D eigenvalue weighted by molar-refractivity contribution is -0.143. The van der Waals surface area contributed by atoms with Gasteiger partial charge in [-0.1, -0.05) is 23.7 Å². The summed E-state index contributed by atoms with van der Waals surface area (Å²) in [6, 6.07) is 8.37. The quantitative estimate of drug-likeness (QED) is 0.671. The smallest absolute Gasteiger partial charge is 0.416 e. The molecule has 29 heavy (non-hydrogen) atoms. The lowest BCUT2D eigenvalue weighted by atomic mass is 9.94. The summed E-state index contributed by atoms with van der Waals surface area (Å²) in [5, 5.41) is 10.1. The molecule has 1 fully saturated rings. The molecule has 2 aromatic rings. The van der Waals surface area contributed by atoms with Gasteiger partial charge in [-0.2, -0.15) is 13.2 Å². The molecule has 0 bridgehead atoms. The highest BCUT2D eigenvalue weighted by Gasteiger charge is 2.39. The summed E-state index contributed by atoms with van der Waals surface area (Å²) in [4.78, 5) is 13.5. The van der Waals surface area contributed by atoms with Crippen molar-refractivity contribution >= 4 is 17.6 Å². The van der Waals surface area contributed by atoms with Crippen molar-refractivity contribution in [2.75, 3.05) is 13.2 Å². The van der Waals surface area contributed by atoms with Crippen molar-refractivity contribution < 1.29 is 27.8 Å². The molecule has 0 saturated carbocycles. The number of alkyl halides is 3. The Kier molecular flexibility index (Phi) is 6.39. The number of aliphatic carboxylic acids is 1. The second-order valence-corrected chi connectivity index (χ2v) is 7.31. The number of halogens is 4. The molecule has 1 saturated heterocycles. The molecule has 156 valence electrons. The van der Waals surface area contributed by atoms with E-state index in [0.29, 0.717) is 47.9 Å². The van der Waals surface area contributed by atoms with Crippen LogP contribution in [-0.4, -0.2) is 35.2 Å². The first-order chi connectivity index (χ1) is 13.7. The number of nitrogens with zero attached hydrogens (tertiary/aromatic N) is 1. The zero-order valence-electron chi connectivity index (χ0n) is 15.7. The minimum absolute atomic E-state index is 0.344. The normalized spacial score (nSPS) is 18.6. The number of carbonyl (C=O) groups is 1. The number of carboxylic acids is 1. The number of hydrogen-bond donors (Lipinski definition) is 1. The van der Waals surface area contributed by atoms with Gasteiger partial charge >= 0.3 is 12.1 Å². The van der Waals surface area contributed by atoms with Crippen LogP contribution in [0.5, 0.6) is 5.75 Å². The number of likely N-dealkylation sites (tertiary alicyclic amines) is 1. The van der Waals surface area contributed by atoms with E-state index >= 15 is 0 Å². The molecule has 0 spiro atoms. The van der Waals surface area contributed by atoms with Gasteiger partial charge in [0, 0.05) is 17.1 Å². The first kappa shape index (κ1) is 21.5. The summed E-state index contributed by atoms with van der Waals surface area (Å²) >= 11 is 6.19. The van der Waals surface area contributed by atoms with Crippen LogP contribution < -0.4 is 4.74 Å².